The fourth-order valence-electron chi connectivity index (χ4n) is 4.37. The van der Waals surface area contributed by atoms with E-state index >= 15 is 0 Å². The summed E-state index contributed by atoms with van der Waals surface area (Å²) in [4.78, 5) is 28.3. The molecule has 0 saturated heterocycles. The largest absolute Gasteiger partial charge is 0.352 e. The van der Waals surface area contributed by atoms with Crippen LogP contribution in [0.4, 0.5) is 10.1 Å². The average Bonchev–Trinajstić information content (AvgIpc) is 2.87. The first-order valence-electron chi connectivity index (χ1n) is 12.6. The van der Waals surface area contributed by atoms with Gasteiger partial charge in [0.1, 0.15) is 18.4 Å². The lowest BCUT2D eigenvalue weighted by molar-refractivity contribution is -0.139. The molecule has 202 valence electrons. The first kappa shape index (κ1) is 28.6. The molecule has 2 amide bonds. The summed E-state index contributed by atoms with van der Waals surface area (Å²) in [6, 6.07) is 11.8. The van der Waals surface area contributed by atoms with Crippen LogP contribution in [-0.2, 0) is 26.3 Å². The van der Waals surface area contributed by atoms with E-state index in [1.807, 2.05) is 31.2 Å². The summed E-state index contributed by atoms with van der Waals surface area (Å²) in [6.07, 6.45) is 5.08. The minimum absolute atomic E-state index is 0.0739. The van der Waals surface area contributed by atoms with E-state index in [2.05, 4.69) is 5.32 Å². The summed E-state index contributed by atoms with van der Waals surface area (Å²) in [5, 5.41) is 3.07. The van der Waals surface area contributed by atoms with E-state index in [0.29, 0.717) is 0 Å². The summed E-state index contributed by atoms with van der Waals surface area (Å²) < 4.78 is 41.8. The number of carbonyl (C=O) groups excluding carboxylic acids is 2. The molecule has 0 aromatic heterocycles. The number of anilines is 1. The molecule has 1 fully saturated rings. The highest BCUT2D eigenvalue weighted by molar-refractivity contribution is 7.90. The number of rotatable bonds is 10. The van der Waals surface area contributed by atoms with Crippen LogP contribution in [-0.4, -0.2) is 62.2 Å². The molecule has 1 N–H and O–H groups in total. The van der Waals surface area contributed by atoms with Crippen LogP contribution in [0.25, 0.3) is 0 Å². The molecule has 37 heavy (non-hydrogen) atoms. The number of carbonyl (C=O) groups is 2. The molecule has 0 spiro atoms. The summed E-state index contributed by atoms with van der Waals surface area (Å²) >= 11 is 0. The summed E-state index contributed by atoms with van der Waals surface area (Å²) in [6.45, 7) is 3.21. The lowest BCUT2D eigenvalue weighted by Crippen LogP contribution is -2.53. The van der Waals surface area contributed by atoms with Crippen LogP contribution in [0, 0.1) is 12.7 Å². The lowest BCUT2D eigenvalue weighted by atomic mass is 9.95. The van der Waals surface area contributed by atoms with E-state index in [9.17, 15) is 22.4 Å². The van der Waals surface area contributed by atoms with Crippen molar-refractivity contribution >= 4 is 27.7 Å². The molecule has 8 nitrogen and oxygen atoms in total. The van der Waals surface area contributed by atoms with Gasteiger partial charge in [-0.2, -0.15) is 12.7 Å². The van der Waals surface area contributed by atoms with Crippen molar-refractivity contribution in [3.63, 3.8) is 0 Å². The zero-order valence-electron chi connectivity index (χ0n) is 22.0. The van der Waals surface area contributed by atoms with Crippen LogP contribution in [0.15, 0.2) is 48.5 Å². The third-order valence-corrected chi connectivity index (χ3v) is 8.55. The maximum absolute atomic E-state index is 13.7. The zero-order valence-corrected chi connectivity index (χ0v) is 22.8. The number of aryl methyl sites for hydroxylation is 1. The Morgan fingerprint density at radius 3 is 2.16 bits per heavy atom. The van der Waals surface area contributed by atoms with Gasteiger partial charge in [-0.25, -0.2) is 8.70 Å². The van der Waals surface area contributed by atoms with E-state index in [1.54, 1.807) is 6.92 Å². The zero-order chi connectivity index (χ0) is 27.2. The van der Waals surface area contributed by atoms with Gasteiger partial charge in [0.05, 0.1) is 5.69 Å². The third kappa shape index (κ3) is 7.52. The monoisotopic (exact) mass is 532 g/mol. The number of hydrogen-bond donors (Lipinski definition) is 1. The quantitative estimate of drug-likeness (QED) is 0.506. The van der Waals surface area contributed by atoms with Gasteiger partial charge in [0.2, 0.25) is 11.8 Å². The molecule has 10 heteroatoms. The number of benzene rings is 2. The van der Waals surface area contributed by atoms with Crippen molar-refractivity contribution in [3.8, 4) is 0 Å². The second-order valence-electron chi connectivity index (χ2n) is 9.80. The molecule has 0 unspecified atom stereocenters. The minimum Gasteiger partial charge on any atom is -0.352 e. The van der Waals surface area contributed by atoms with E-state index in [4.69, 9.17) is 0 Å². The Balaban J connectivity index is 1.90. The minimum atomic E-state index is -4.08. The van der Waals surface area contributed by atoms with Crippen LogP contribution >= 0.6 is 0 Å². The van der Waals surface area contributed by atoms with Crippen molar-refractivity contribution in [2.24, 2.45) is 0 Å². The Hall–Kier alpha value is -2.98. The van der Waals surface area contributed by atoms with E-state index in [1.165, 1.54) is 31.1 Å². The molecule has 0 bridgehead atoms. The fraction of sp³-hybridized carbons (Fsp3) is 0.481. The van der Waals surface area contributed by atoms with Crippen molar-refractivity contribution in [3.05, 3.63) is 65.5 Å². The number of halogens is 1. The summed E-state index contributed by atoms with van der Waals surface area (Å²) in [5.74, 6) is -1.33. The van der Waals surface area contributed by atoms with E-state index in [0.717, 1.165) is 64.0 Å². The lowest BCUT2D eigenvalue weighted by Gasteiger charge is -2.34. The maximum Gasteiger partial charge on any atom is 0.304 e. The molecule has 1 saturated carbocycles. The highest BCUT2D eigenvalue weighted by Gasteiger charge is 2.33. The van der Waals surface area contributed by atoms with Gasteiger partial charge < -0.3 is 10.2 Å². The molecule has 3 rings (SSSR count). The molecule has 1 atom stereocenters. The first-order chi connectivity index (χ1) is 17.5. The van der Waals surface area contributed by atoms with Gasteiger partial charge >= 0.3 is 10.2 Å². The molecular weight excluding hydrogens is 495 g/mol. The highest BCUT2D eigenvalue weighted by atomic mass is 32.2. The summed E-state index contributed by atoms with van der Waals surface area (Å²) in [7, 11) is -1.36. The molecule has 0 heterocycles. The van der Waals surface area contributed by atoms with Crippen LogP contribution in [0.3, 0.4) is 0 Å². The highest BCUT2D eigenvalue weighted by Crippen LogP contribution is 2.22. The van der Waals surface area contributed by atoms with Crippen molar-refractivity contribution < 1.29 is 22.4 Å². The molecule has 0 radical (unpaired) electrons. The number of amides is 2. The average molecular weight is 533 g/mol. The van der Waals surface area contributed by atoms with Crippen molar-refractivity contribution in [2.45, 2.75) is 64.6 Å². The topological polar surface area (TPSA) is 90.0 Å². The van der Waals surface area contributed by atoms with E-state index < -0.39 is 34.5 Å². The standard InChI is InChI=1S/C27H37FN4O4S/c1-20-10-12-22(13-11-20)18-31(21(2)27(34)29-24-8-6-5-7-9-24)26(33)19-32(37(35,36)30(3)4)25-16-14-23(28)15-17-25/h10-17,21,24H,5-9,18-19H2,1-4H3,(H,29,34)/t21-/m1/s1. The second kappa shape index (κ2) is 12.5. The van der Waals surface area contributed by atoms with Crippen molar-refractivity contribution in [1.29, 1.82) is 0 Å². The first-order valence-corrected chi connectivity index (χ1v) is 14.0. The second-order valence-corrected chi connectivity index (χ2v) is 11.9. The number of hydrogen-bond acceptors (Lipinski definition) is 4. The normalized spacial score (nSPS) is 15.3. The third-order valence-electron chi connectivity index (χ3n) is 6.73. The van der Waals surface area contributed by atoms with Crippen LogP contribution in [0.1, 0.15) is 50.2 Å². The van der Waals surface area contributed by atoms with Gasteiger partial charge in [-0.15, -0.1) is 0 Å². The van der Waals surface area contributed by atoms with Gasteiger partial charge in [0.15, 0.2) is 0 Å². The predicted octanol–water partition coefficient (Wildman–Crippen LogP) is 3.61. The van der Waals surface area contributed by atoms with Gasteiger partial charge in [0.25, 0.3) is 0 Å². The predicted molar refractivity (Wildman–Crippen MR) is 143 cm³/mol. The fourth-order valence-corrected chi connectivity index (χ4v) is 5.42. The molecule has 1 aliphatic rings. The van der Waals surface area contributed by atoms with Gasteiger partial charge in [-0.3, -0.25) is 9.59 Å². The van der Waals surface area contributed by atoms with Gasteiger partial charge in [0, 0.05) is 26.7 Å². The molecule has 2 aromatic carbocycles. The Bertz CT molecular complexity index is 1160. The maximum atomic E-state index is 13.7. The van der Waals surface area contributed by atoms with Gasteiger partial charge in [-0.1, -0.05) is 49.1 Å². The SMILES string of the molecule is Cc1ccc(CN(C(=O)CN(c2ccc(F)cc2)S(=O)(=O)N(C)C)[C@H](C)C(=O)NC2CCCCC2)cc1. The van der Waals surface area contributed by atoms with Crippen molar-refractivity contribution in [1.82, 2.24) is 14.5 Å². The molecule has 2 aromatic rings. The van der Waals surface area contributed by atoms with Crippen LogP contribution in [0.2, 0.25) is 0 Å². The van der Waals surface area contributed by atoms with Gasteiger partial charge in [-0.05, 0) is 56.5 Å². The number of nitrogens with zero attached hydrogens (tertiary/aromatic N) is 3. The summed E-state index contributed by atoms with van der Waals surface area (Å²) in [5.41, 5.74) is 2.03. The molecule has 1 aliphatic carbocycles. The Kier molecular flexibility index (Phi) is 9.67. The Morgan fingerprint density at radius 2 is 1.59 bits per heavy atom. The smallest absolute Gasteiger partial charge is 0.304 e. The van der Waals surface area contributed by atoms with Crippen molar-refractivity contribution in [2.75, 3.05) is 24.9 Å². The number of nitrogens with one attached hydrogen (secondary N) is 1. The molecular formula is C27H37FN4O4S. The Morgan fingerprint density at radius 1 is 1.00 bits per heavy atom. The van der Waals surface area contributed by atoms with Crippen LogP contribution in [0.5, 0.6) is 0 Å². The molecule has 0 aliphatic heterocycles. The van der Waals surface area contributed by atoms with Crippen LogP contribution < -0.4 is 9.62 Å². The van der Waals surface area contributed by atoms with E-state index in [-0.39, 0.29) is 24.2 Å². The Labute approximate surface area is 219 Å².